The molecule has 0 aliphatic carbocycles. The molecule has 1 N–H and O–H groups in total. The zero-order valence-corrected chi connectivity index (χ0v) is 13.6. The zero-order valence-electron chi connectivity index (χ0n) is 13.6. The quantitative estimate of drug-likeness (QED) is 0.883. The van der Waals surface area contributed by atoms with E-state index >= 15 is 0 Å². The SMILES string of the molecule is CCNCc1c(C)nn(C)c1N(C)C1CCN(C)CC1. The lowest BCUT2D eigenvalue weighted by Gasteiger charge is -2.36. The van der Waals surface area contributed by atoms with Gasteiger partial charge in [0.15, 0.2) is 0 Å². The molecule has 1 saturated heterocycles. The molecule has 2 rings (SSSR count). The average Bonchev–Trinajstić information content (AvgIpc) is 2.70. The summed E-state index contributed by atoms with van der Waals surface area (Å²) < 4.78 is 2.04. The number of nitrogens with zero attached hydrogens (tertiary/aromatic N) is 4. The van der Waals surface area contributed by atoms with Gasteiger partial charge in [0, 0.05) is 32.2 Å². The molecular formula is C15H29N5. The van der Waals surface area contributed by atoms with E-state index in [-0.39, 0.29) is 0 Å². The third kappa shape index (κ3) is 3.15. The highest BCUT2D eigenvalue weighted by molar-refractivity contribution is 5.50. The maximum absolute atomic E-state index is 4.62. The highest BCUT2D eigenvalue weighted by atomic mass is 15.4. The van der Waals surface area contributed by atoms with Gasteiger partial charge in [0.25, 0.3) is 0 Å². The fraction of sp³-hybridized carbons (Fsp3) is 0.800. The number of hydrogen-bond acceptors (Lipinski definition) is 4. The van der Waals surface area contributed by atoms with Gasteiger partial charge in [0.1, 0.15) is 5.82 Å². The first-order valence-electron chi connectivity index (χ1n) is 7.69. The van der Waals surface area contributed by atoms with Gasteiger partial charge >= 0.3 is 0 Å². The van der Waals surface area contributed by atoms with Crippen LogP contribution in [0.2, 0.25) is 0 Å². The highest BCUT2D eigenvalue weighted by Crippen LogP contribution is 2.27. The molecule has 1 aliphatic heterocycles. The van der Waals surface area contributed by atoms with Gasteiger partial charge in [-0.05, 0) is 46.4 Å². The maximum atomic E-state index is 4.62. The van der Waals surface area contributed by atoms with Crippen LogP contribution < -0.4 is 10.2 Å². The van der Waals surface area contributed by atoms with Crippen molar-refractivity contribution in [3.05, 3.63) is 11.3 Å². The molecule has 0 radical (unpaired) electrons. The fourth-order valence-electron chi connectivity index (χ4n) is 3.14. The van der Waals surface area contributed by atoms with E-state index in [4.69, 9.17) is 0 Å². The molecule has 0 amide bonds. The summed E-state index contributed by atoms with van der Waals surface area (Å²) in [6.07, 6.45) is 2.47. The molecule has 114 valence electrons. The smallest absolute Gasteiger partial charge is 0.131 e. The minimum Gasteiger partial charge on any atom is -0.357 e. The minimum absolute atomic E-state index is 0.626. The predicted octanol–water partition coefficient (Wildman–Crippen LogP) is 1.37. The first-order valence-corrected chi connectivity index (χ1v) is 7.69. The molecular weight excluding hydrogens is 250 g/mol. The molecule has 0 spiro atoms. The van der Waals surface area contributed by atoms with Crippen molar-refractivity contribution in [1.82, 2.24) is 20.0 Å². The van der Waals surface area contributed by atoms with Crippen molar-refractivity contribution in [3.63, 3.8) is 0 Å². The van der Waals surface area contributed by atoms with Crippen LogP contribution in [0.15, 0.2) is 0 Å². The second-order valence-corrected chi connectivity index (χ2v) is 5.94. The summed E-state index contributed by atoms with van der Waals surface area (Å²) in [7, 11) is 6.49. The molecule has 1 fully saturated rings. The van der Waals surface area contributed by atoms with Crippen molar-refractivity contribution >= 4 is 5.82 Å². The molecule has 1 aromatic rings. The van der Waals surface area contributed by atoms with Crippen LogP contribution >= 0.6 is 0 Å². The lowest BCUT2D eigenvalue weighted by Crippen LogP contribution is -2.43. The summed E-state index contributed by atoms with van der Waals surface area (Å²) in [6, 6.07) is 0.626. The number of likely N-dealkylation sites (tertiary alicyclic amines) is 1. The molecule has 1 aromatic heterocycles. The van der Waals surface area contributed by atoms with Crippen molar-refractivity contribution in [3.8, 4) is 0 Å². The Kier molecular flexibility index (Phi) is 5.05. The molecule has 1 aliphatic rings. The molecule has 0 atom stereocenters. The van der Waals surface area contributed by atoms with E-state index in [1.807, 2.05) is 4.68 Å². The topological polar surface area (TPSA) is 36.3 Å². The maximum Gasteiger partial charge on any atom is 0.131 e. The number of aromatic nitrogens is 2. The average molecular weight is 279 g/mol. The van der Waals surface area contributed by atoms with Gasteiger partial charge in [0.2, 0.25) is 0 Å². The number of anilines is 1. The Bertz CT molecular complexity index is 432. The zero-order chi connectivity index (χ0) is 14.7. The third-order valence-electron chi connectivity index (χ3n) is 4.43. The van der Waals surface area contributed by atoms with Crippen molar-refractivity contribution < 1.29 is 0 Å². The van der Waals surface area contributed by atoms with Crippen molar-refractivity contribution in [2.75, 3.05) is 38.6 Å². The summed E-state index contributed by atoms with van der Waals surface area (Å²) >= 11 is 0. The molecule has 5 nitrogen and oxygen atoms in total. The standard InChI is InChI=1S/C15H29N5/c1-6-16-11-14-12(2)17-20(5)15(14)19(4)13-7-9-18(3)10-8-13/h13,16H,6-11H2,1-5H3. The third-order valence-corrected chi connectivity index (χ3v) is 4.43. The summed E-state index contributed by atoms with van der Waals surface area (Å²) in [6.45, 7) is 8.53. The van der Waals surface area contributed by atoms with Gasteiger partial charge in [-0.3, -0.25) is 4.68 Å². The largest absolute Gasteiger partial charge is 0.357 e. The summed E-state index contributed by atoms with van der Waals surface area (Å²) in [5, 5.41) is 8.06. The lowest BCUT2D eigenvalue weighted by atomic mass is 10.0. The van der Waals surface area contributed by atoms with E-state index in [0.29, 0.717) is 6.04 Å². The van der Waals surface area contributed by atoms with Gasteiger partial charge in [-0.15, -0.1) is 0 Å². The van der Waals surface area contributed by atoms with Gasteiger partial charge < -0.3 is 15.1 Å². The van der Waals surface area contributed by atoms with Gasteiger partial charge in [-0.2, -0.15) is 5.10 Å². The Hall–Kier alpha value is -1.07. The predicted molar refractivity (Wildman–Crippen MR) is 84.2 cm³/mol. The van der Waals surface area contributed by atoms with E-state index in [1.165, 1.54) is 37.3 Å². The van der Waals surface area contributed by atoms with Crippen LogP contribution in [-0.2, 0) is 13.6 Å². The van der Waals surface area contributed by atoms with E-state index < -0.39 is 0 Å². The fourth-order valence-corrected chi connectivity index (χ4v) is 3.14. The number of nitrogens with one attached hydrogen (secondary N) is 1. The van der Waals surface area contributed by atoms with Gasteiger partial charge in [0.05, 0.1) is 5.69 Å². The van der Waals surface area contributed by atoms with Gasteiger partial charge in [-0.1, -0.05) is 6.92 Å². The van der Waals surface area contributed by atoms with Crippen LogP contribution in [0.4, 0.5) is 5.82 Å². The Morgan fingerprint density at radius 3 is 2.55 bits per heavy atom. The molecule has 2 heterocycles. The molecule has 0 bridgehead atoms. The summed E-state index contributed by atoms with van der Waals surface area (Å²) in [4.78, 5) is 4.86. The number of piperidine rings is 1. The second kappa shape index (κ2) is 6.59. The highest BCUT2D eigenvalue weighted by Gasteiger charge is 2.25. The first-order chi connectivity index (χ1) is 9.54. The lowest BCUT2D eigenvalue weighted by molar-refractivity contribution is 0.252. The van der Waals surface area contributed by atoms with Crippen LogP contribution in [0.5, 0.6) is 0 Å². The molecule has 0 unspecified atom stereocenters. The van der Waals surface area contributed by atoms with Crippen molar-refractivity contribution in [2.24, 2.45) is 7.05 Å². The van der Waals surface area contributed by atoms with E-state index in [9.17, 15) is 0 Å². The monoisotopic (exact) mass is 279 g/mol. The number of hydrogen-bond donors (Lipinski definition) is 1. The number of rotatable bonds is 5. The Labute approximate surface area is 122 Å². The Morgan fingerprint density at radius 1 is 1.30 bits per heavy atom. The van der Waals surface area contributed by atoms with Crippen LogP contribution in [0.3, 0.4) is 0 Å². The van der Waals surface area contributed by atoms with Crippen LogP contribution in [-0.4, -0.2) is 54.5 Å². The molecule has 0 saturated carbocycles. The molecule has 0 aromatic carbocycles. The minimum atomic E-state index is 0.626. The van der Waals surface area contributed by atoms with Crippen LogP contribution in [0, 0.1) is 6.92 Å². The van der Waals surface area contributed by atoms with E-state index in [0.717, 1.165) is 18.8 Å². The Balaban J connectivity index is 2.17. The summed E-state index contributed by atoms with van der Waals surface area (Å²) in [5.74, 6) is 1.28. The van der Waals surface area contributed by atoms with Crippen LogP contribution in [0.1, 0.15) is 31.0 Å². The van der Waals surface area contributed by atoms with E-state index in [1.54, 1.807) is 0 Å². The molecule has 20 heavy (non-hydrogen) atoms. The van der Waals surface area contributed by atoms with Crippen molar-refractivity contribution in [1.29, 1.82) is 0 Å². The first kappa shape index (κ1) is 15.3. The van der Waals surface area contributed by atoms with Gasteiger partial charge in [-0.25, -0.2) is 0 Å². The van der Waals surface area contributed by atoms with Crippen molar-refractivity contribution in [2.45, 2.75) is 39.3 Å². The molecule has 5 heteroatoms. The summed E-state index contributed by atoms with van der Waals surface area (Å²) in [5.41, 5.74) is 2.49. The van der Waals surface area contributed by atoms with Crippen LogP contribution in [0.25, 0.3) is 0 Å². The number of aryl methyl sites for hydroxylation is 2. The van der Waals surface area contributed by atoms with E-state index in [2.05, 4.69) is 55.2 Å². The normalized spacial score (nSPS) is 17.6. The second-order valence-electron chi connectivity index (χ2n) is 5.94. The Morgan fingerprint density at radius 2 is 1.95 bits per heavy atom.